The third kappa shape index (κ3) is 3.32. The molecular weight excluding hydrogens is 234 g/mol. The zero-order valence-electron chi connectivity index (χ0n) is 10.9. The quantitative estimate of drug-likeness (QED) is 0.795. The summed E-state index contributed by atoms with van der Waals surface area (Å²) < 4.78 is 1.58. The fraction of sp³-hybridized carbons (Fsp3) is 0.583. The Morgan fingerprint density at radius 2 is 2.22 bits per heavy atom. The normalized spacial score (nSPS) is 12.2. The van der Waals surface area contributed by atoms with Crippen LogP contribution in [0.15, 0.2) is 6.20 Å². The van der Waals surface area contributed by atoms with Crippen LogP contribution in [0.4, 0.5) is 0 Å². The van der Waals surface area contributed by atoms with Crippen molar-refractivity contribution in [1.82, 2.24) is 15.1 Å². The van der Waals surface area contributed by atoms with Crippen LogP contribution in [-0.2, 0) is 11.8 Å². The van der Waals surface area contributed by atoms with E-state index >= 15 is 0 Å². The van der Waals surface area contributed by atoms with Gasteiger partial charge in [-0.1, -0.05) is 19.8 Å². The fourth-order valence-electron chi connectivity index (χ4n) is 1.62. The molecule has 18 heavy (non-hydrogen) atoms. The van der Waals surface area contributed by atoms with Gasteiger partial charge >= 0.3 is 5.97 Å². The second-order valence-electron chi connectivity index (χ2n) is 4.27. The van der Waals surface area contributed by atoms with Crippen LogP contribution in [-0.4, -0.2) is 32.8 Å². The van der Waals surface area contributed by atoms with Gasteiger partial charge in [0.05, 0.1) is 11.8 Å². The number of hydrogen-bond acceptors (Lipinski definition) is 3. The maximum atomic E-state index is 11.9. The minimum absolute atomic E-state index is 0.385. The Hall–Kier alpha value is -1.85. The first kappa shape index (κ1) is 14.2. The van der Waals surface area contributed by atoms with Crippen LogP contribution < -0.4 is 5.32 Å². The molecule has 0 saturated carbocycles. The molecule has 0 aliphatic heterocycles. The van der Waals surface area contributed by atoms with Gasteiger partial charge in [0, 0.05) is 12.7 Å². The number of unbranched alkanes of at least 4 members (excludes halogenated alkanes) is 1. The van der Waals surface area contributed by atoms with Gasteiger partial charge in [0.25, 0.3) is 5.91 Å². The smallest absolute Gasteiger partial charge is 0.326 e. The largest absolute Gasteiger partial charge is 0.480 e. The monoisotopic (exact) mass is 253 g/mol. The number of carbonyl (C=O) groups is 2. The summed E-state index contributed by atoms with van der Waals surface area (Å²) in [6.45, 7) is 3.75. The number of hydrogen-bond donors (Lipinski definition) is 2. The average molecular weight is 253 g/mol. The van der Waals surface area contributed by atoms with Gasteiger partial charge in [-0.3, -0.25) is 9.48 Å². The lowest BCUT2D eigenvalue weighted by atomic mass is 10.1. The molecule has 0 aromatic carbocycles. The topological polar surface area (TPSA) is 84.2 Å². The number of nitrogens with one attached hydrogen (secondary N) is 1. The first-order valence-electron chi connectivity index (χ1n) is 5.99. The Bertz CT molecular complexity index is 440. The van der Waals surface area contributed by atoms with E-state index < -0.39 is 12.0 Å². The molecule has 0 spiro atoms. The number of aryl methyl sites for hydroxylation is 1. The van der Waals surface area contributed by atoms with Crippen molar-refractivity contribution < 1.29 is 14.7 Å². The molecule has 2 N–H and O–H groups in total. The predicted molar refractivity (Wildman–Crippen MR) is 66.4 cm³/mol. The first-order valence-corrected chi connectivity index (χ1v) is 5.99. The molecule has 0 aliphatic carbocycles. The van der Waals surface area contributed by atoms with Crippen molar-refractivity contribution in [2.45, 2.75) is 39.2 Å². The predicted octanol–water partition coefficient (Wildman–Crippen LogP) is 1.10. The second kappa shape index (κ2) is 6.18. The Labute approximate surface area is 106 Å². The molecule has 1 aromatic rings. The molecule has 0 fully saturated rings. The minimum Gasteiger partial charge on any atom is -0.480 e. The van der Waals surface area contributed by atoms with Gasteiger partial charge in [-0.2, -0.15) is 5.10 Å². The molecule has 1 heterocycles. The second-order valence-corrected chi connectivity index (χ2v) is 4.27. The average Bonchev–Trinajstić information content (AvgIpc) is 2.65. The van der Waals surface area contributed by atoms with Gasteiger partial charge < -0.3 is 10.4 Å². The highest BCUT2D eigenvalue weighted by molar-refractivity contribution is 5.97. The van der Waals surface area contributed by atoms with E-state index in [9.17, 15) is 9.59 Å². The van der Waals surface area contributed by atoms with E-state index in [-0.39, 0.29) is 5.91 Å². The molecule has 6 heteroatoms. The van der Waals surface area contributed by atoms with Crippen LogP contribution in [0.1, 0.15) is 42.2 Å². The van der Waals surface area contributed by atoms with Gasteiger partial charge in [-0.15, -0.1) is 0 Å². The molecule has 0 bridgehead atoms. The van der Waals surface area contributed by atoms with Crippen LogP contribution in [0.2, 0.25) is 0 Å². The summed E-state index contributed by atoms with van der Waals surface area (Å²) in [5, 5.41) is 15.5. The number of carboxylic acids is 1. The Morgan fingerprint density at radius 3 is 2.67 bits per heavy atom. The number of aliphatic carboxylic acids is 1. The van der Waals surface area contributed by atoms with E-state index in [0.29, 0.717) is 17.7 Å². The molecule has 0 aliphatic rings. The summed E-state index contributed by atoms with van der Waals surface area (Å²) in [6, 6.07) is -0.836. The van der Waals surface area contributed by atoms with E-state index in [1.54, 1.807) is 18.7 Å². The maximum Gasteiger partial charge on any atom is 0.326 e. The van der Waals surface area contributed by atoms with Crippen LogP contribution in [0.5, 0.6) is 0 Å². The van der Waals surface area contributed by atoms with Gasteiger partial charge in [0.1, 0.15) is 6.04 Å². The molecular formula is C12H19N3O3. The van der Waals surface area contributed by atoms with Crippen LogP contribution >= 0.6 is 0 Å². The van der Waals surface area contributed by atoms with Crippen molar-refractivity contribution in [3.05, 3.63) is 17.5 Å². The van der Waals surface area contributed by atoms with E-state index in [0.717, 1.165) is 12.8 Å². The molecule has 6 nitrogen and oxygen atoms in total. The summed E-state index contributed by atoms with van der Waals surface area (Å²) >= 11 is 0. The number of amides is 1. The van der Waals surface area contributed by atoms with Gasteiger partial charge in [-0.25, -0.2) is 4.79 Å². The number of aromatic nitrogens is 2. The molecule has 0 saturated heterocycles. The molecule has 1 rings (SSSR count). The van der Waals surface area contributed by atoms with Crippen LogP contribution in [0, 0.1) is 6.92 Å². The minimum atomic E-state index is -1.00. The van der Waals surface area contributed by atoms with E-state index in [4.69, 9.17) is 5.11 Å². The highest BCUT2D eigenvalue weighted by atomic mass is 16.4. The zero-order chi connectivity index (χ0) is 13.7. The van der Waals surface area contributed by atoms with Crippen molar-refractivity contribution in [2.75, 3.05) is 0 Å². The lowest BCUT2D eigenvalue weighted by Gasteiger charge is -2.13. The summed E-state index contributed by atoms with van der Waals surface area (Å²) in [4.78, 5) is 23.0. The zero-order valence-corrected chi connectivity index (χ0v) is 10.9. The van der Waals surface area contributed by atoms with Crippen molar-refractivity contribution >= 4 is 11.9 Å². The maximum absolute atomic E-state index is 11.9. The summed E-state index contributed by atoms with van der Waals surface area (Å²) in [5.74, 6) is -1.39. The molecule has 100 valence electrons. The molecule has 1 atom stereocenters. The van der Waals surface area contributed by atoms with Gasteiger partial charge in [0.2, 0.25) is 0 Å². The third-order valence-corrected chi connectivity index (χ3v) is 2.93. The summed E-state index contributed by atoms with van der Waals surface area (Å²) in [7, 11) is 1.73. The van der Waals surface area contributed by atoms with Crippen LogP contribution in [0.25, 0.3) is 0 Å². The number of nitrogens with zero attached hydrogens (tertiary/aromatic N) is 2. The molecule has 0 radical (unpaired) electrons. The SMILES string of the molecule is CCCC[C@H](NC(=O)c1cnn(C)c1C)C(=O)O. The highest BCUT2D eigenvalue weighted by Crippen LogP contribution is 2.07. The Kier molecular flexibility index (Phi) is 4.88. The standard InChI is InChI=1S/C12H19N3O3/c1-4-5-6-10(12(17)18)14-11(16)9-7-13-15(3)8(9)2/h7,10H,4-6H2,1-3H3,(H,14,16)(H,17,18)/t10-/m0/s1. The van der Waals surface area contributed by atoms with E-state index in [2.05, 4.69) is 10.4 Å². The van der Waals surface area contributed by atoms with Gasteiger partial charge in [0.15, 0.2) is 0 Å². The summed E-state index contributed by atoms with van der Waals surface area (Å²) in [6.07, 6.45) is 3.55. The Morgan fingerprint density at radius 1 is 1.56 bits per heavy atom. The van der Waals surface area contributed by atoms with Crippen molar-refractivity contribution in [1.29, 1.82) is 0 Å². The van der Waals surface area contributed by atoms with Crippen LogP contribution in [0.3, 0.4) is 0 Å². The lowest BCUT2D eigenvalue weighted by molar-refractivity contribution is -0.139. The Balaban J connectivity index is 2.72. The number of carboxylic acid groups (broad SMARTS) is 1. The van der Waals surface area contributed by atoms with Crippen molar-refractivity contribution in [3.8, 4) is 0 Å². The third-order valence-electron chi connectivity index (χ3n) is 2.93. The highest BCUT2D eigenvalue weighted by Gasteiger charge is 2.21. The van der Waals surface area contributed by atoms with Gasteiger partial charge in [-0.05, 0) is 13.3 Å². The lowest BCUT2D eigenvalue weighted by Crippen LogP contribution is -2.40. The van der Waals surface area contributed by atoms with E-state index in [1.807, 2.05) is 6.92 Å². The molecule has 0 unspecified atom stereocenters. The molecule has 1 aromatic heterocycles. The number of rotatable bonds is 6. The first-order chi connectivity index (χ1) is 8.47. The van der Waals surface area contributed by atoms with E-state index in [1.165, 1.54) is 6.20 Å². The van der Waals surface area contributed by atoms with Crippen molar-refractivity contribution in [3.63, 3.8) is 0 Å². The fourth-order valence-corrected chi connectivity index (χ4v) is 1.62. The van der Waals surface area contributed by atoms with Crippen molar-refractivity contribution in [2.24, 2.45) is 7.05 Å². The number of carbonyl (C=O) groups excluding carboxylic acids is 1. The summed E-state index contributed by atoms with van der Waals surface area (Å²) in [5.41, 5.74) is 1.13. The molecule has 1 amide bonds.